The molecule has 0 fully saturated rings. The van der Waals surface area contributed by atoms with E-state index < -0.39 is 0 Å². The first kappa shape index (κ1) is 59.8. The van der Waals surface area contributed by atoms with Crippen LogP contribution in [0.2, 0.25) is 0 Å². The van der Waals surface area contributed by atoms with Crippen molar-refractivity contribution in [1.29, 1.82) is 0 Å². The van der Waals surface area contributed by atoms with Gasteiger partial charge in [-0.1, -0.05) is 334 Å². The van der Waals surface area contributed by atoms with Crippen LogP contribution in [0.3, 0.4) is 0 Å². The Balaban J connectivity index is 0.951. The number of hydrogen-bond acceptors (Lipinski definition) is 2. The summed E-state index contributed by atoms with van der Waals surface area (Å²) in [5.74, 6) is 0. The largest absolute Gasteiger partial charge is 0.306 e. The molecule has 0 aliphatic carbocycles. The van der Waals surface area contributed by atoms with Crippen LogP contribution in [-0.4, -0.2) is 23.7 Å². The lowest BCUT2D eigenvalue weighted by atomic mass is 9.91. The zero-order valence-corrected chi connectivity index (χ0v) is 57.1. The van der Waals surface area contributed by atoms with Crippen LogP contribution in [-0.2, 0) is 0 Å². The number of hydrogen-bond donors (Lipinski definition) is 0. The molecule has 5 nitrogen and oxygen atoms in total. The van der Waals surface area contributed by atoms with Crippen molar-refractivity contribution >= 4 is 97.7 Å². The van der Waals surface area contributed by atoms with Crippen molar-refractivity contribution < 1.29 is 0 Å². The molecular formula is C100H63N5. The van der Waals surface area contributed by atoms with Gasteiger partial charge in [-0.2, -0.15) is 0 Å². The molecule has 0 saturated heterocycles. The summed E-state index contributed by atoms with van der Waals surface area (Å²) < 4.78 is 7.98. The van der Waals surface area contributed by atoms with Gasteiger partial charge in [-0.05, 0) is 98.1 Å². The van der Waals surface area contributed by atoms with Crippen LogP contribution >= 0.6 is 0 Å². The zero-order chi connectivity index (χ0) is 69.1. The molecule has 0 amide bonds. The number of benzene rings is 16. The third-order valence-electron chi connectivity index (χ3n) is 21.6. The third-order valence-corrected chi connectivity index (χ3v) is 21.6. The highest BCUT2D eigenvalue weighted by Crippen LogP contribution is 2.52. The minimum absolute atomic E-state index is 0.918. The first-order valence-corrected chi connectivity index (χ1v) is 36.0. The number of nitrogens with zero attached hydrogens (tertiary/aromatic N) is 5. The molecule has 0 atom stereocenters. The van der Waals surface area contributed by atoms with E-state index in [1.807, 2.05) is 0 Å². The smallest absolute Gasteiger partial charge is 0.0960 e. The number of aromatic nitrogens is 5. The van der Waals surface area contributed by atoms with Crippen LogP contribution in [0.1, 0.15) is 0 Å². The summed E-state index contributed by atoms with van der Waals surface area (Å²) >= 11 is 0. The summed E-state index contributed by atoms with van der Waals surface area (Å²) in [6.07, 6.45) is 0. The van der Waals surface area contributed by atoms with E-state index >= 15 is 0 Å². The fraction of sp³-hybridized carbons (Fsp3) is 0. The van der Waals surface area contributed by atoms with Crippen molar-refractivity contribution in [3.63, 3.8) is 0 Å². The van der Waals surface area contributed by atoms with Gasteiger partial charge in [0.05, 0.1) is 72.9 Å². The molecule has 16 aromatic carbocycles. The maximum Gasteiger partial charge on any atom is 0.0960 e. The Morgan fingerprint density at radius 3 is 0.733 bits per heavy atom. The maximum absolute atomic E-state index is 5.34. The van der Waals surface area contributed by atoms with Gasteiger partial charge in [0.25, 0.3) is 0 Å². The lowest BCUT2D eigenvalue weighted by Gasteiger charge is -2.28. The molecule has 488 valence electrons. The third kappa shape index (κ3) is 9.78. The normalized spacial score (nSPS) is 11.8. The molecule has 0 saturated carbocycles. The second kappa shape index (κ2) is 24.4. The van der Waals surface area contributed by atoms with Crippen LogP contribution in [0.4, 0.5) is 0 Å². The standard InChI is InChI=1S/C100H63N5/c1-5-28-71(29-6-1)88-59-75(60-89(101-88)72-30-7-2-8-31-72)64-45-49-69(50-46-64)86-63-87(70-51-47-65(48-52-70)76-61-90(73-32-9-3-10-33-73)102-91(62-76)74-34-11-4-12-35-74)99(104-93-43-23-20-40-81(93)84-57-54-67-26-14-17-37-78(67)96(84)104)100(105-94-44-24-21-41-82(94)85-58-55-68-27-15-18-38-79(68)97(85)105)98(86)103-92-42-22-19-39-80(92)83-56-53-66-25-13-16-36-77(66)95(83)103/h1-63H. The highest BCUT2D eigenvalue weighted by atomic mass is 15.1. The summed E-state index contributed by atoms with van der Waals surface area (Å²) in [5.41, 5.74) is 26.3. The average molecular weight is 1330 g/mol. The van der Waals surface area contributed by atoms with Crippen molar-refractivity contribution in [1.82, 2.24) is 23.7 Å². The molecule has 5 heteroatoms. The quantitative estimate of drug-likeness (QED) is 0.129. The molecule has 0 radical (unpaired) electrons. The summed E-state index contributed by atoms with van der Waals surface area (Å²) in [5, 5.41) is 14.0. The molecule has 5 heterocycles. The van der Waals surface area contributed by atoms with Crippen molar-refractivity contribution in [3.8, 4) is 107 Å². The topological polar surface area (TPSA) is 40.6 Å². The van der Waals surface area contributed by atoms with Crippen molar-refractivity contribution in [2.75, 3.05) is 0 Å². The van der Waals surface area contributed by atoms with Gasteiger partial charge in [0.15, 0.2) is 0 Å². The Morgan fingerprint density at radius 2 is 0.419 bits per heavy atom. The van der Waals surface area contributed by atoms with E-state index in [4.69, 9.17) is 9.97 Å². The van der Waals surface area contributed by atoms with Gasteiger partial charge in [0.2, 0.25) is 0 Å². The Bertz CT molecular complexity index is 6570. The minimum Gasteiger partial charge on any atom is -0.306 e. The highest BCUT2D eigenvalue weighted by Gasteiger charge is 2.32. The van der Waals surface area contributed by atoms with E-state index in [0.717, 1.165) is 150 Å². The molecule has 21 aromatic rings. The number of para-hydroxylation sites is 3. The van der Waals surface area contributed by atoms with E-state index in [-0.39, 0.29) is 0 Å². The number of pyridine rings is 2. The predicted octanol–water partition coefficient (Wildman–Crippen LogP) is 26.6. The van der Waals surface area contributed by atoms with Crippen molar-refractivity contribution in [3.05, 3.63) is 382 Å². The lowest BCUT2D eigenvalue weighted by molar-refractivity contribution is 1.06. The van der Waals surface area contributed by atoms with E-state index in [0.29, 0.717) is 0 Å². The lowest BCUT2D eigenvalue weighted by Crippen LogP contribution is -2.13. The zero-order valence-electron chi connectivity index (χ0n) is 57.1. The van der Waals surface area contributed by atoms with Crippen LogP contribution in [0.25, 0.3) is 204 Å². The molecule has 5 aromatic heterocycles. The van der Waals surface area contributed by atoms with Gasteiger partial charge in [0.1, 0.15) is 0 Å². The van der Waals surface area contributed by atoms with Crippen LogP contribution in [0, 0.1) is 0 Å². The van der Waals surface area contributed by atoms with Gasteiger partial charge in [-0.15, -0.1) is 0 Å². The van der Waals surface area contributed by atoms with E-state index in [2.05, 4.69) is 396 Å². The molecule has 105 heavy (non-hydrogen) atoms. The van der Waals surface area contributed by atoms with Gasteiger partial charge in [-0.3, -0.25) is 0 Å². The monoisotopic (exact) mass is 1330 g/mol. The molecule has 0 aliphatic heterocycles. The summed E-state index contributed by atoms with van der Waals surface area (Å²) in [6, 6.07) is 141. The van der Waals surface area contributed by atoms with Crippen LogP contribution in [0.15, 0.2) is 382 Å². The Kier molecular flexibility index (Phi) is 13.9. The van der Waals surface area contributed by atoms with Gasteiger partial charge < -0.3 is 13.7 Å². The van der Waals surface area contributed by atoms with Gasteiger partial charge >= 0.3 is 0 Å². The molecule has 21 rings (SSSR count). The Labute approximate surface area is 606 Å². The maximum atomic E-state index is 5.34. The van der Waals surface area contributed by atoms with E-state index in [1.165, 1.54) is 53.9 Å². The fourth-order valence-corrected chi connectivity index (χ4v) is 16.7. The number of fused-ring (bicyclic) bond motifs is 15. The number of rotatable bonds is 11. The minimum atomic E-state index is 0.918. The van der Waals surface area contributed by atoms with Gasteiger partial charge in [0, 0.05) is 81.9 Å². The van der Waals surface area contributed by atoms with E-state index in [1.54, 1.807) is 0 Å². The molecule has 0 spiro atoms. The molecule has 0 N–H and O–H groups in total. The predicted molar refractivity (Wildman–Crippen MR) is 441 cm³/mol. The molecule has 0 bridgehead atoms. The van der Waals surface area contributed by atoms with Gasteiger partial charge in [-0.25, -0.2) is 9.97 Å². The highest BCUT2D eigenvalue weighted by molar-refractivity contribution is 6.24. The molecular weight excluding hydrogens is 1270 g/mol. The molecule has 0 aliphatic rings. The first-order valence-electron chi connectivity index (χ1n) is 36.0. The second-order valence-corrected chi connectivity index (χ2v) is 27.5. The second-order valence-electron chi connectivity index (χ2n) is 27.5. The summed E-state index contributed by atoms with van der Waals surface area (Å²) in [4.78, 5) is 10.7. The van der Waals surface area contributed by atoms with Crippen molar-refractivity contribution in [2.24, 2.45) is 0 Å². The Hall–Kier alpha value is -14.0. The van der Waals surface area contributed by atoms with Crippen molar-refractivity contribution in [2.45, 2.75) is 0 Å². The summed E-state index contributed by atoms with van der Waals surface area (Å²) in [6.45, 7) is 0. The fourth-order valence-electron chi connectivity index (χ4n) is 16.7. The van der Waals surface area contributed by atoms with Crippen LogP contribution < -0.4 is 0 Å². The SMILES string of the molecule is c1ccc(-c2cc(-c3ccc(-c4cc(-c5ccc(-c6cc(-c7ccccc7)nc(-c7ccccc7)c6)cc5)c(-n5c6ccccc6c6ccc7ccccc7c65)c(-n5c6ccccc6c6ccc7ccccc7c65)c4-n4c5ccccc5c5ccc6ccccc6c54)cc3)cc(-c3ccccc3)n2)cc1. The summed E-state index contributed by atoms with van der Waals surface area (Å²) in [7, 11) is 0. The average Bonchev–Trinajstić information content (AvgIpc) is 1.56. The Morgan fingerprint density at radius 1 is 0.162 bits per heavy atom. The van der Waals surface area contributed by atoms with E-state index in [9.17, 15) is 0 Å². The first-order chi connectivity index (χ1) is 52.1. The molecule has 0 unspecified atom stereocenters. The van der Waals surface area contributed by atoms with Crippen LogP contribution in [0.5, 0.6) is 0 Å².